The predicted molar refractivity (Wildman–Crippen MR) is 102 cm³/mol. The molecule has 0 saturated heterocycles. The molecule has 0 aliphatic carbocycles. The van der Waals surface area contributed by atoms with Crippen LogP contribution in [0.2, 0.25) is 0 Å². The quantitative estimate of drug-likeness (QED) is 0.280. The van der Waals surface area contributed by atoms with Gasteiger partial charge in [0.25, 0.3) is 0 Å². The third-order valence-electron chi connectivity index (χ3n) is 4.07. The lowest BCUT2D eigenvalue weighted by molar-refractivity contribution is -0.697. The molecule has 0 atom stereocenters. The maximum absolute atomic E-state index is 5.92. The Morgan fingerprint density at radius 1 is 1.00 bits per heavy atom. The summed E-state index contributed by atoms with van der Waals surface area (Å²) < 4.78 is 13.3. The van der Waals surface area contributed by atoms with Gasteiger partial charge >= 0.3 is 0 Å². The SMILES string of the molecule is COc1ccc(-c2cnc(-c3cc[n+](CCCCCBr)cc3)o2)cc1.[Br-]. The molecule has 0 saturated carbocycles. The second-order valence-corrected chi connectivity index (χ2v) is 6.63. The molecule has 0 aliphatic rings. The molecule has 3 aromatic rings. The van der Waals surface area contributed by atoms with Crippen LogP contribution < -0.4 is 26.3 Å². The van der Waals surface area contributed by atoms with Gasteiger partial charge < -0.3 is 26.1 Å². The van der Waals surface area contributed by atoms with Crippen molar-refractivity contribution in [3.05, 3.63) is 55.0 Å². The molecule has 0 N–H and O–H groups in total. The number of rotatable bonds is 8. The topological polar surface area (TPSA) is 39.1 Å². The van der Waals surface area contributed by atoms with E-state index in [1.807, 2.05) is 36.4 Å². The van der Waals surface area contributed by atoms with E-state index in [0.717, 1.165) is 34.5 Å². The first-order valence-electron chi connectivity index (χ1n) is 8.46. The summed E-state index contributed by atoms with van der Waals surface area (Å²) in [6.45, 7) is 1.04. The molecule has 0 radical (unpaired) electrons. The molecule has 0 bridgehead atoms. The number of oxazole rings is 1. The summed E-state index contributed by atoms with van der Waals surface area (Å²) in [7, 11) is 1.66. The van der Waals surface area contributed by atoms with Crippen LogP contribution in [-0.2, 0) is 6.54 Å². The van der Waals surface area contributed by atoms with Gasteiger partial charge in [0.15, 0.2) is 18.2 Å². The van der Waals surface area contributed by atoms with Gasteiger partial charge in [0, 0.05) is 35.0 Å². The molecule has 26 heavy (non-hydrogen) atoms. The lowest BCUT2D eigenvalue weighted by Gasteiger charge is -2.00. The van der Waals surface area contributed by atoms with Gasteiger partial charge in [-0.1, -0.05) is 15.9 Å². The van der Waals surface area contributed by atoms with Crippen molar-refractivity contribution >= 4 is 15.9 Å². The number of alkyl halides is 1. The zero-order valence-electron chi connectivity index (χ0n) is 14.7. The number of methoxy groups -OCH3 is 1. The minimum Gasteiger partial charge on any atom is -1.00 e. The lowest BCUT2D eigenvalue weighted by Crippen LogP contribution is -3.00. The summed E-state index contributed by atoms with van der Waals surface area (Å²) >= 11 is 3.47. The highest BCUT2D eigenvalue weighted by molar-refractivity contribution is 9.09. The first-order valence-corrected chi connectivity index (χ1v) is 9.58. The smallest absolute Gasteiger partial charge is 0.227 e. The van der Waals surface area contributed by atoms with E-state index in [9.17, 15) is 0 Å². The van der Waals surface area contributed by atoms with Gasteiger partial charge in [0.05, 0.1) is 13.3 Å². The third kappa shape index (κ3) is 5.42. The molecule has 4 nitrogen and oxygen atoms in total. The number of hydrogen-bond acceptors (Lipinski definition) is 3. The van der Waals surface area contributed by atoms with Gasteiger partial charge in [-0.25, -0.2) is 9.55 Å². The summed E-state index contributed by atoms with van der Waals surface area (Å²) in [5, 5.41) is 1.08. The van der Waals surface area contributed by atoms with Crippen molar-refractivity contribution in [2.24, 2.45) is 0 Å². The molecular formula is C20H22Br2N2O2. The first-order chi connectivity index (χ1) is 12.3. The average molecular weight is 482 g/mol. The van der Waals surface area contributed by atoms with E-state index >= 15 is 0 Å². The van der Waals surface area contributed by atoms with Gasteiger partial charge in [0.2, 0.25) is 5.89 Å². The Morgan fingerprint density at radius 3 is 2.38 bits per heavy atom. The minimum atomic E-state index is 0. The Bertz CT molecular complexity index is 786. The number of aromatic nitrogens is 2. The molecule has 0 spiro atoms. The van der Waals surface area contributed by atoms with Crippen LogP contribution in [0.1, 0.15) is 19.3 Å². The Labute approximate surface area is 173 Å². The lowest BCUT2D eigenvalue weighted by atomic mass is 10.2. The minimum absolute atomic E-state index is 0. The van der Waals surface area contributed by atoms with Gasteiger partial charge in [0.1, 0.15) is 12.3 Å². The highest BCUT2D eigenvalue weighted by Crippen LogP contribution is 2.26. The first kappa shape index (κ1) is 20.6. The fourth-order valence-electron chi connectivity index (χ4n) is 2.61. The van der Waals surface area contributed by atoms with Crippen LogP contribution in [0.5, 0.6) is 5.75 Å². The predicted octanol–water partition coefficient (Wildman–Crippen LogP) is 1.87. The second kappa shape index (κ2) is 10.5. The van der Waals surface area contributed by atoms with Crippen LogP contribution in [-0.4, -0.2) is 17.4 Å². The number of ether oxygens (including phenoxy) is 1. The summed E-state index contributed by atoms with van der Waals surface area (Å²) in [6.07, 6.45) is 9.59. The van der Waals surface area contributed by atoms with Crippen molar-refractivity contribution in [1.29, 1.82) is 0 Å². The number of benzene rings is 1. The van der Waals surface area contributed by atoms with E-state index in [0.29, 0.717) is 5.89 Å². The summed E-state index contributed by atoms with van der Waals surface area (Å²) in [5.41, 5.74) is 1.97. The van der Waals surface area contributed by atoms with E-state index in [4.69, 9.17) is 9.15 Å². The van der Waals surface area contributed by atoms with Crippen LogP contribution in [0.4, 0.5) is 0 Å². The van der Waals surface area contributed by atoms with Gasteiger partial charge in [-0.05, 0) is 37.1 Å². The fourth-order valence-corrected chi connectivity index (χ4v) is 3.01. The van der Waals surface area contributed by atoms with Crippen molar-refractivity contribution < 1.29 is 30.7 Å². The monoisotopic (exact) mass is 480 g/mol. The fraction of sp³-hybridized carbons (Fsp3) is 0.300. The highest BCUT2D eigenvalue weighted by Gasteiger charge is 2.10. The van der Waals surface area contributed by atoms with Crippen LogP contribution in [0.15, 0.2) is 59.4 Å². The van der Waals surface area contributed by atoms with E-state index < -0.39 is 0 Å². The number of nitrogens with zero attached hydrogens (tertiary/aromatic N) is 2. The van der Waals surface area contributed by atoms with Crippen LogP contribution >= 0.6 is 15.9 Å². The molecule has 1 aromatic carbocycles. The van der Waals surface area contributed by atoms with Gasteiger partial charge in [-0.3, -0.25) is 0 Å². The number of pyridine rings is 1. The van der Waals surface area contributed by atoms with Gasteiger partial charge in [-0.15, -0.1) is 0 Å². The molecule has 3 rings (SSSR count). The van der Waals surface area contributed by atoms with Crippen molar-refractivity contribution in [3.8, 4) is 28.5 Å². The number of unbranched alkanes of at least 4 members (excludes halogenated alkanes) is 2. The Balaban J connectivity index is 0.00000243. The van der Waals surface area contributed by atoms with Crippen molar-refractivity contribution in [2.45, 2.75) is 25.8 Å². The van der Waals surface area contributed by atoms with E-state index in [1.54, 1.807) is 13.3 Å². The van der Waals surface area contributed by atoms with E-state index in [1.165, 1.54) is 19.3 Å². The molecule has 0 unspecified atom stereocenters. The number of hydrogen-bond donors (Lipinski definition) is 0. The summed E-state index contributed by atoms with van der Waals surface area (Å²) in [6, 6.07) is 11.9. The largest absolute Gasteiger partial charge is 1.00 e. The molecule has 138 valence electrons. The van der Waals surface area contributed by atoms with Crippen molar-refractivity contribution in [2.75, 3.05) is 12.4 Å². The second-order valence-electron chi connectivity index (χ2n) is 5.83. The molecular weight excluding hydrogens is 460 g/mol. The molecule has 2 heterocycles. The Kier molecular flexibility index (Phi) is 8.32. The standard InChI is InChI=1S/C20H22BrN2O2.BrH/c1-24-18-7-5-16(6-8-18)19-15-22-20(25-19)17-9-13-23(14-10-17)12-4-2-3-11-21;/h5-10,13-15H,2-4,11-12H2,1H3;1H/q+1;/p-1. The van der Waals surface area contributed by atoms with E-state index in [-0.39, 0.29) is 17.0 Å². The normalized spacial score (nSPS) is 10.4. The van der Waals surface area contributed by atoms with Crippen molar-refractivity contribution in [1.82, 2.24) is 4.98 Å². The summed E-state index contributed by atoms with van der Waals surface area (Å²) in [4.78, 5) is 4.41. The zero-order valence-corrected chi connectivity index (χ0v) is 17.9. The van der Waals surface area contributed by atoms with Crippen molar-refractivity contribution in [3.63, 3.8) is 0 Å². The van der Waals surface area contributed by atoms with Gasteiger partial charge in [-0.2, -0.15) is 0 Å². The molecule has 0 fully saturated rings. The zero-order chi connectivity index (χ0) is 17.5. The Hall–Kier alpha value is -1.66. The highest BCUT2D eigenvalue weighted by atomic mass is 79.9. The molecule has 0 amide bonds. The summed E-state index contributed by atoms with van der Waals surface area (Å²) in [5.74, 6) is 2.22. The van der Waals surface area contributed by atoms with Crippen LogP contribution in [0, 0.1) is 0 Å². The third-order valence-corrected chi connectivity index (χ3v) is 4.63. The van der Waals surface area contributed by atoms with Crippen LogP contribution in [0.25, 0.3) is 22.8 Å². The van der Waals surface area contributed by atoms with E-state index in [2.05, 4.69) is 37.9 Å². The molecule has 2 aromatic heterocycles. The van der Waals surface area contributed by atoms with Crippen LogP contribution in [0.3, 0.4) is 0 Å². The molecule has 6 heteroatoms. The number of halogens is 2. The molecule has 0 aliphatic heterocycles. The maximum Gasteiger partial charge on any atom is 0.227 e. The maximum atomic E-state index is 5.92. The number of aryl methyl sites for hydroxylation is 1. The Morgan fingerprint density at radius 2 is 1.73 bits per heavy atom. The average Bonchev–Trinajstić information content (AvgIpc) is 3.16.